The molecule has 3 N–H and O–H groups in total. The molecule has 1 amide bonds. The van der Waals surface area contributed by atoms with Crippen LogP contribution in [0.25, 0.3) is 0 Å². The highest BCUT2D eigenvalue weighted by molar-refractivity contribution is 9.10. The summed E-state index contributed by atoms with van der Waals surface area (Å²) in [5, 5.41) is 17.0. The first-order chi connectivity index (χ1) is 11.0. The van der Waals surface area contributed by atoms with Crippen LogP contribution < -0.4 is 10.7 Å². The molecule has 0 aromatic heterocycles. The highest BCUT2D eigenvalue weighted by Gasteiger charge is 2.11. The average molecular weight is 397 g/mol. The van der Waals surface area contributed by atoms with Gasteiger partial charge in [-0.1, -0.05) is 27.5 Å². The number of benzene rings is 2. The molecule has 2 rings (SSSR count). The maximum atomic E-state index is 12.0. The van der Waals surface area contributed by atoms with Crippen LogP contribution in [-0.4, -0.2) is 23.3 Å². The fraction of sp³-hybridized carbons (Fsp3) is 0.125. The zero-order valence-electron chi connectivity index (χ0n) is 12.3. The molecule has 0 saturated carbocycles. The van der Waals surface area contributed by atoms with Crippen LogP contribution in [0, 0.1) is 0 Å². The number of carbonyl (C=O) groups is 1. The molecule has 0 aliphatic heterocycles. The molecule has 1 atom stereocenters. The third-order valence-electron chi connectivity index (χ3n) is 2.99. The third-order valence-corrected chi connectivity index (χ3v) is 3.75. The zero-order chi connectivity index (χ0) is 16.8. The summed E-state index contributed by atoms with van der Waals surface area (Å²) in [5.41, 5.74) is 3.66. The summed E-state index contributed by atoms with van der Waals surface area (Å²) in [5.74, 6) is -0.265. The number of nitrogens with one attached hydrogen (secondary N) is 2. The number of hydrogen-bond acceptors (Lipinski definition) is 4. The van der Waals surface area contributed by atoms with Crippen molar-refractivity contribution in [3.8, 4) is 5.75 Å². The van der Waals surface area contributed by atoms with Crippen LogP contribution in [0.15, 0.2) is 52.0 Å². The number of nitrogens with zero attached hydrogens (tertiary/aromatic N) is 1. The molecule has 7 heteroatoms. The predicted octanol–water partition coefficient (Wildman–Crippen LogP) is 3.76. The van der Waals surface area contributed by atoms with Crippen LogP contribution in [0.1, 0.15) is 12.5 Å². The Morgan fingerprint density at radius 2 is 2.00 bits per heavy atom. The standard InChI is InChI=1S/C16H15BrClN3O2/c1-10(20-14-5-2-12(17)3-6-14)16(23)21-19-9-11-8-13(18)4-7-15(11)22/h2-10,20,22H,1H3,(H,21,23). The zero-order valence-corrected chi connectivity index (χ0v) is 14.6. The normalized spacial score (nSPS) is 12.1. The number of halogens is 2. The monoisotopic (exact) mass is 395 g/mol. The number of aromatic hydroxyl groups is 1. The Morgan fingerprint density at radius 1 is 1.30 bits per heavy atom. The lowest BCUT2D eigenvalue weighted by molar-refractivity contribution is -0.121. The van der Waals surface area contributed by atoms with E-state index in [2.05, 4.69) is 31.8 Å². The molecule has 1 unspecified atom stereocenters. The van der Waals surface area contributed by atoms with Crippen molar-refractivity contribution in [2.24, 2.45) is 5.10 Å². The van der Waals surface area contributed by atoms with Gasteiger partial charge < -0.3 is 10.4 Å². The number of phenolic OH excluding ortho intramolecular Hbond substituents is 1. The van der Waals surface area contributed by atoms with Gasteiger partial charge in [0.05, 0.1) is 6.21 Å². The molecule has 2 aromatic carbocycles. The van der Waals surface area contributed by atoms with Gasteiger partial charge in [0, 0.05) is 20.7 Å². The second-order valence-electron chi connectivity index (χ2n) is 4.81. The number of carbonyl (C=O) groups excluding carboxylic acids is 1. The van der Waals surface area contributed by atoms with E-state index in [-0.39, 0.29) is 11.7 Å². The number of amides is 1. The molecule has 120 valence electrons. The molecule has 0 heterocycles. The first-order valence-electron chi connectivity index (χ1n) is 6.79. The van der Waals surface area contributed by atoms with Crippen LogP contribution in [0.3, 0.4) is 0 Å². The quantitative estimate of drug-likeness (QED) is 0.532. The van der Waals surface area contributed by atoms with Crippen LogP contribution in [0.5, 0.6) is 5.75 Å². The molecule has 0 spiro atoms. The summed E-state index contributed by atoms with van der Waals surface area (Å²) in [4.78, 5) is 12.0. The number of phenols is 1. The van der Waals surface area contributed by atoms with Gasteiger partial charge in [0.15, 0.2) is 0 Å². The molecule has 23 heavy (non-hydrogen) atoms. The largest absolute Gasteiger partial charge is 0.507 e. The van der Waals surface area contributed by atoms with Crippen LogP contribution >= 0.6 is 27.5 Å². The maximum absolute atomic E-state index is 12.0. The van der Waals surface area contributed by atoms with Gasteiger partial charge in [-0.05, 0) is 49.4 Å². The lowest BCUT2D eigenvalue weighted by atomic mass is 10.2. The summed E-state index contributed by atoms with van der Waals surface area (Å²) >= 11 is 9.19. The Kier molecular flexibility index (Phi) is 6.01. The molecule has 0 aliphatic carbocycles. The SMILES string of the molecule is CC(Nc1ccc(Br)cc1)C(=O)NN=Cc1cc(Cl)ccc1O. The highest BCUT2D eigenvalue weighted by atomic mass is 79.9. The lowest BCUT2D eigenvalue weighted by Crippen LogP contribution is -2.34. The smallest absolute Gasteiger partial charge is 0.262 e. The molecule has 0 fully saturated rings. The molecular formula is C16H15BrClN3O2. The van der Waals surface area contributed by atoms with E-state index in [0.717, 1.165) is 10.2 Å². The first kappa shape index (κ1) is 17.3. The van der Waals surface area contributed by atoms with Crippen molar-refractivity contribution in [1.29, 1.82) is 0 Å². The van der Waals surface area contributed by atoms with Crippen molar-refractivity contribution >= 4 is 45.3 Å². The molecule has 0 bridgehead atoms. The van der Waals surface area contributed by atoms with E-state index in [0.29, 0.717) is 10.6 Å². The van der Waals surface area contributed by atoms with Crippen molar-refractivity contribution < 1.29 is 9.90 Å². The fourth-order valence-corrected chi connectivity index (χ4v) is 2.20. The minimum Gasteiger partial charge on any atom is -0.507 e. The Bertz CT molecular complexity index is 720. The van der Waals surface area contributed by atoms with Gasteiger partial charge in [0.25, 0.3) is 5.91 Å². The minimum atomic E-state index is -0.471. The second-order valence-corrected chi connectivity index (χ2v) is 6.16. The summed E-state index contributed by atoms with van der Waals surface area (Å²) in [6, 6.07) is 11.6. The number of hydrazone groups is 1. The van der Waals surface area contributed by atoms with Gasteiger partial charge in [0.1, 0.15) is 11.8 Å². The number of rotatable bonds is 5. The van der Waals surface area contributed by atoms with E-state index in [1.165, 1.54) is 12.3 Å². The van der Waals surface area contributed by atoms with E-state index in [9.17, 15) is 9.90 Å². The van der Waals surface area contributed by atoms with Gasteiger partial charge in [0.2, 0.25) is 0 Å². The first-order valence-corrected chi connectivity index (χ1v) is 7.96. The topological polar surface area (TPSA) is 73.7 Å². The van der Waals surface area contributed by atoms with Crippen LogP contribution in [-0.2, 0) is 4.79 Å². The minimum absolute atomic E-state index is 0.0356. The molecule has 5 nitrogen and oxygen atoms in total. The summed E-state index contributed by atoms with van der Waals surface area (Å²) in [7, 11) is 0. The third kappa shape index (κ3) is 5.26. The van der Waals surface area contributed by atoms with Crippen molar-refractivity contribution in [2.75, 3.05) is 5.32 Å². The summed E-state index contributed by atoms with van der Waals surface area (Å²) < 4.78 is 0.964. The van der Waals surface area contributed by atoms with Crippen LogP contribution in [0.4, 0.5) is 5.69 Å². The van der Waals surface area contributed by atoms with Crippen molar-refractivity contribution in [2.45, 2.75) is 13.0 Å². The van der Waals surface area contributed by atoms with Crippen molar-refractivity contribution in [3.05, 3.63) is 57.5 Å². The van der Waals surface area contributed by atoms with E-state index < -0.39 is 6.04 Å². The van der Waals surface area contributed by atoms with E-state index in [1.54, 1.807) is 19.1 Å². The maximum Gasteiger partial charge on any atom is 0.262 e. The lowest BCUT2D eigenvalue weighted by Gasteiger charge is -2.13. The molecule has 0 radical (unpaired) electrons. The van der Waals surface area contributed by atoms with Gasteiger partial charge in [-0.15, -0.1) is 0 Å². The van der Waals surface area contributed by atoms with E-state index in [1.807, 2.05) is 24.3 Å². The number of anilines is 1. The van der Waals surface area contributed by atoms with Crippen molar-refractivity contribution in [1.82, 2.24) is 5.43 Å². The predicted molar refractivity (Wildman–Crippen MR) is 96.1 cm³/mol. The van der Waals surface area contributed by atoms with Crippen molar-refractivity contribution in [3.63, 3.8) is 0 Å². The van der Waals surface area contributed by atoms with Gasteiger partial charge in [-0.25, -0.2) is 5.43 Å². The van der Waals surface area contributed by atoms with Gasteiger partial charge in [-0.2, -0.15) is 5.10 Å². The van der Waals surface area contributed by atoms with Crippen LogP contribution in [0.2, 0.25) is 5.02 Å². The molecular weight excluding hydrogens is 382 g/mol. The average Bonchev–Trinajstić information content (AvgIpc) is 2.52. The summed E-state index contributed by atoms with van der Waals surface area (Å²) in [6.07, 6.45) is 1.34. The molecule has 2 aromatic rings. The van der Waals surface area contributed by atoms with E-state index >= 15 is 0 Å². The number of hydrogen-bond donors (Lipinski definition) is 3. The Hall–Kier alpha value is -2.05. The fourth-order valence-electron chi connectivity index (χ4n) is 1.75. The highest BCUT2D eigenvalue weighted by Crippen LogP contribution is 2.19. The summed E-state index contributed by atoms with van der Waals surface area (Å²) in [6.45, 7) is 1.73. The molecule has 0 aliphatic rings. The molecule has 0 saturated heterocycles. The van der Waals surface area contributed by atoms with Gasteiger partial charge in [-0.3, -0.25) is 4.79 Å². The Morgan fingerprint density at radius 3 is 2.70 bits per heavy atom. The Balaban J connectivity index is 1.92. The Labute approximate surface area is 147 Å². The second kappa shape index (κ2) is 7.99. The van der Waals surface area contributed by atoms with E-state index in [4.69, 9.17) is 11.6 Å². The van der Waals surface area contributed by atoms with Gasteiger partial charge >= 0.3 is 0 Å².